The highest BCUT2D eigenvalue weighted by Crippen LogP contribution is 2.30. The average Bonchev–Trinajstić information content (AvgIpc) is 3.01. The number of fused-ring (bicyclic) bond motifs is 1. The number of rotatable bonds is 4. The number of nitrogens with zero attached hydrogens (tertiary/aromatic N) is 2. The van der Waals surface area contributed by atoms with Crippen LogP contribution in [-0.2, 0) is 6.42 Å². The van der Waals surface area contributed by atoms with Crippen LogP contribution in [0.5, 0.6) is 5.75 Å². The Labute approximate surface area is 150 Å². The van der Waals surface area contributed by atoms with Gasteiger partial charge in [-0.1, -0.05) is 42.5 Å². The maximum atomic E-state index is 12.4. The Hall–Kier alpha value is -3.34. The lowest BCUT2D eigenvalue weighted by Crippen LogP contribution is -2.14. The van der Waals surface area contributed by atoms with E-state index in [-0.39, 0.29) is 5.56 Å². The van der Waals surface area contributed by atoms with Crippen LogP contribution in [0.3, 0.4) is 0 Å². The summed E-state index contributed by atoms with van der Waals surface area (Å²) in [5, 5.41) is 3.25. The van der Waals surface area contributed by atoms with Gasteiger partial charge in [0.15, 0.2) is 5.65 Å². The van der Waals surface area contributed by atoms with E-state index in [0.29, 0.717) is 17.8 Å². The molecule has 0 aliphatic carbocycles. The molecule has 0 aliphatic rings. The number of nitrogens with one attached hydrogen (secondary N) is 1. The molecule has 26 heavy (non-hydrogen) atoms. The van der Waals surface area contributed by atoms with Crippen molar-refractivity contribution >= 4 is 5.65 Å². The number of hydrogen-bond donors (Lipinski definition) is 1. The van der Waals surface area contributed by atoms with Crippen LogP contribution in [0.15, 0.2) is 65.5 Å². The Morgan fingerprint density at radius 2 is 1.81 bits per heavy atom. The molecule has 2 aromatic heterocycles. The zero-order chi connectivity index (χ0) is 18.1. The average molecular weight is 345 g/mol. The summed E-state index contributed by atoms with van der Waals surface area (Å²) in [4.78, 5) is 17.0. The highest BCUT2D eigenvalue weighted by Gasteiger charge is 2.17. The van der Waals surface area contributed by atoms with Crippen LogP contribution >= 0.6 is 0 Å². The van der Waals surface area contributed by atoms with Crippen molar-refractivity contribution in [3.05, 3.63) is 88.0 Å². The minimum absolute atomic E-state index is 0.110. The van der Waals surface area contributed by atoms with E-state index in [4.69, 9.17) is 4.74 Å². The van der Waals surface area contributed by atoms with E-state index in [9.17, 15) is 4.79 Å². The Bertz CT molecular complexity index is 1110. The van der Waals surface area contributed by atoms with Gasteiger partial charge in [-0.05, 0) is 30.2 Å². The van der Waals surface area contributed by atoms with Crippen molar-refractivity contribution in [2.24, 2.45) is 0 Å². The number of ether oxygens (including phenoxy) is 1. The van der Waals surface area contributed by atoms with Crippen molar-refractivity contribution in [2.75, 3.05) is 7.11 Å². The fourth-order valence-corrected chi connectivity index (χ4v) is 3.19. The molecule has 2 heterocycles. The third kappa shape index (κ3) is 2.88. The summed E-state index contributed by atoms with van der Waals surface area (Å²) in [5.41, 5.74) is 5.29. The van der Waals surface area contributed by atoms with Crippen LogP contribution in [-0.4, -0.2) is 21.7 Å². The maximum absolute atomic E-state index is 12.4. The third-order valence-electron chi connectivity index (χ3n) is 4.42. The molecule has 4 aromatic rings. The highest BCUT2D eigenvalue weighted by molar-refractivity contribution is 5.80. The Balaban J connectivity index is 1.94. The smallest absolute Gasteiger partial charge is 0.272 e. The largest absolute Gasteiger partial charge is 0.497 e. The Morgan fingerprint density at radius 3 is 2.50 bits per heavy atom. The number of aryl methyl sites for hydroxylation is 1. The Morgan fingerprint density at radius 1 is 1.08 bits per heavy atom. The predicted molar refractivity (Wildman–Crippen MR) is 102 cm³/mol. The van der Waals surface area contributed by atoms with Crippen molar-refractivity contribution < 1.29 is 4.74 Å². The van der Waals surface area contributed by atoms with Crippen LogP contribution in [0, 0.1) is 6.92 Å². The van der Waals surface area contributed by atoms with Gasteiger partial charge in [0.1, 0.15) is 5.75 Å². The molecular weight excluding hydrogens is 326 g/mol. The molecule has 1 N–H and O–H groups in total. The number of H-pyrrole nitrogens is 1. The minimum atomic E-state index is -0.110. The molecule has 0 atom stereocenters. The van der Waals surface area contributed by atoms with Gasteiger partial charge in [0.25, 0.3) is 5.56 Å². The van der Waals surface area contributed by atoms with Gasteiger partial charge in [0.2, 0.25) is 0 Å². The SMILES string of the molecule is COc1ccc(-c2c(Cc3ccccc3)[nH]n3c(=O)cc(C)nc23)cc1. The number of benzene rings is 2. The summed E-state index contributed by atoms with van der Waals surface area (Å²) >= 11 is 0. The second-order valence-electron chi connectivity index (χ2n) is 6.25. The number of methoxy groups -OCH3 is 1. The van der Waals surface area contributed by atoms with Gasteiger partial charge in [-0.25, -0.2) is 9.50 Å². The van der Waals surface area contributed by atoms with E-state index >= 15 is 0 Å². The molecule has 5 nitrogen and oxygen atoms in total. The van der Waals surface area contributed by atoms with E-state index in [1.807, 2.05) is 49.4 Å². The molecule has 130 valence electrons. The molecule has 0 saturated heterocycles. The van der Waals surface area contributed by atoms with E-state index in [0.717, 1.165) is 22.6 Å². The van der Waals surface area contributed by atoms with E-state index in [1.165, 1.54) is 16.1 Å². The van der Waals surface area contributed by atoms with Gasteiger partial charge >= 0.3 is 0 Å². The molecule has 4 rings (SSSR count). The molecule has 0 radical (unpaired) electrons. The molecule has 0 fully saturated rings. The molecular formula is C21H19N3O2. The van der Waals surface area contributed by atoms with E-state index in [1.54, 1.807) is 7.11 Å². The number of aromatic nitrogens is 3. The van der Waals surface area contributed by atoms with E-state index in [2.05, 4.69) is 22.2 Å². The highest BCUT2D eigenvalue weighted by atomic mass is 16.5. The standard InChI is InChI=1S/C21H19N3O2/c1-14-12-19(25)24-21(22-14)20(16-8-10-17(26-2)11-9-16)18(23-24)13-15-6-4-3-5-7-15/h3-12,23H,13H2,1-2H3. The summed E-state index contributed by atoms with van der Waals surface area (Å²) in [6.07, 6.45) is 0.685. The van der Waals surface area contributed by atoms with Gasteiger partial charge in [0, 0.05) is 29.4 Å². The quantitative estimate of drug-likeness (QED) is 0.615. The second kappa shape index (κ2) is 6.52. The third-order valence-corrected chi connectivity index (χ3v) is 4.42. The Kier molecular flexibility index (Phi) is 4.05. The fourth-order valence-electron chi connectivity index (χ4n) is 3.19. The number of aromatic amines is 1. The summed E-state index contributed by atoms with van der Waals surface area (Å²) in [6, 6.07) is 19.5. The van der Waals surface area contributed by atoms with Crippen molar-refractivity contribution in [1.82, 2.24) is 14.6 Å². The zero-order valence-corrected chi connectivity index (χ0v) is 14.7. The first-order valence-corrected chi connectivity index (χ1v) is 8.45. The van der Waals surface area contributed by atoms with Crippen LogP contribution in [0.2, 0.25) is 0 Å². The summed E-state index contributed by atoms with van der Waals surface area (Å²) in [6.45, 7) is 1.84. The molecule has 2 aromatic carbocycles. The van der Waals surface area contributed by atoms with Crippen molar-refractivity contribution in [3.63, 3.8) is 0 Å². The molecule has 5 heteroatoms. The van der Waals surface area contributed by atoms with Crippen molar-refractivity contribution in [1.29, 1.82) is 0 Å². The van der Waals surface area contributed by atoms with Crippen LogP contribution < -0.4 is 10.3 Å². The second-order valence-corrected chi connectivity index (χ2v) is 6.25. The first-order chi connectivity index (χ1) is 12.7. The van der Waals surface area contributed by atoms with Crippen LogP contribution in [0.25, 0.3) is 16.8 Å². The molecule has 0 saturated carbocycles. The number of hydrogen-bond acceptors (Lipinski definition) is 3. The van der Waals surface area contributed by atoms with Gasteiger partial charge in [-0.3, -0.25) is 9.89 Å². The van der Waals surface area contributed by atoms with Crippen LogP contribution in [0.4, 0.5) is 0 Å². The first kappa shape index (κ1) is 16.1. The zero-order valence-electron chi connectivity index (χ0n) is 14.7. The lowest BCUT2D eigenvalue weighted by atomic mass is 10.0. The van der Waals surface area contributed by atoms with Gasteiger partial charge in [-0.15, -0.1) is 0 Å². The maximum Gasteiger partial charge on any atom is 0.272 e. The van der Waals surface area contributed by atoms with E-state index < -0.39 is 0 Å². The molecule has 0 unspecified atom stereocenters. The van der Waals surface area contributed by atoms with Crippen molar-refractivity contribution in [3.8, 4) is 16.9 Å². The lowest BCUT2D eigenvalue weighted by molar-refractivity contribution is 0.415. The molecule has 0 spiro atoms. The fraction of sp³-hybridized carbons (Fsp3) is 0.143. The minimum Gasteiger partial charge on any atom is -0.497 e. The topological polar surface area (TPSA) is 59.4 Å². The molecule has 0 bridgehead atoms. The van der Waals surface area contributed by atoms with Gasteiger partial charge in [0.05, 0.1) is 7.11 Å². The lowest BCUT2D eigenvalue weighted by Gasteiger charge is -2.06. The molecule has 0 aliphatic heterocycles. The first-order valence-electron chi connectivity index (χ1n) is 8.45. The monoisotopic (exact) mass is 345 g/mol. The van der Waals surface area contributed by atoms with Crippen LogP contribution in [0.1, 0.15) is 17.0 Å². The van der Waals surface area contributed by atoms with Crippen molar-refractivity contribution in [2.45, 2.75) is 13.3 Å². The summed E-state index contributed by atoms with van der Waals surface area (Å²) < 4.78 is 6.78. The molecule has 0 amide bonds. The van der Waals surface area contributed by atoms with Gasteiger partial charge < -0.3 is 4.74 Å². The summed E-state index contributed by atoms with van der Waals surface area (Å²) in [5.74, 6) is 0.791. The normalized spacial score (nSPS) is 11.0. The van der Waals surface area contributed by atoms with Gasteiger partial charge in [-0.2, -0.15) is 0 Å². The summed E-state index contributed by atoms with van der Waals surface area (Å²) in [7, 11) is 1.64. The predicted octanol–water partition coefficient (Wildman–Crippen LogP) is 3.60.